The third kappa shape index (κ3) is 2.48. The first-order chi connectivity index (χ1) is 8.63. The van der Waals surface area contributed by atoms with E-state index in [4.69, 9.17) is 4.74 Å². The molecule has 1 N–H and O–H groups in total. The van der Waals surface area contributed by atoms with Crippen LogP contribution in [0.2, 0.25) is 0 Å². The molecule has 0 bridgehead atoms. The molecule has 98 valence electrons. The van der Waals surface area contributed by atoms with Crippen molar-refractivity contribution in [1.29, 1.82) is 0 Å². The van der Waals surface area contributed by atoms with Gasteiger partial charge in [-0.05, 0) is 12.5 Å². The van der Waals surface area contributed by atoms with Gasteiger partial charge in [0.1, 0.15) is 5.75 Å². The van der Waals surface area contributed by atoms with Gasteiger partial charge in [-0.25, -0.2) is 0 Å². The molecule has 2 atom stereocenters. The highest BCUT2D eigenvalue weighted by atomic mass is 16.5. The molecular formula is C14H19NO3. The summed E-state index contributed by atoms with van der Waals surface area (Å²) < 4.78 is 5.76. The number of carbonyl (C=O) groups is 1. The van der Waals surface area contributed by atoms with Crippen LogP contribution in [0.1, 0.15) is 31.4 Å². The number of likely N-dealkylation sites (N-methyl/N-ethyl adjacent to an activating group) is 1. The molecule has 1 unspecified atom stereocenters. The summed E-state index contributed by atoms with van der Waals surface area (Å²) in [6.45, 7) is 2.64. The third-order valence-corrected chi connectivity index (χ3v) is 3.31. The van der Waals surface area contributed by atoms with Gasteiger partial charge in [0.2, 0.25) is 0 Å². The average Bonchev–Trinajstić information content (AvgIpc) is 2.70. The zero-order valence-electron chi connectivity index (χ0n) is 10.8. The molecule has 1 heterocycles. The van der Waals surface area contributed by atoms with Gasteiger partial charge in [0.15, 0.2) is 6.10 Å². The minimum absolute atomic E-state index is 0.00999. The Morgan fingerprint density at radius 2 is 2.22 bits per heavy atom. The van der Waals surface area contributed by atoms with Crippen LogP contribution in [0.15, 0.2) is 24.3 Å². The first-order valence-corrected chi connectivity index (χ1v) is 6.32. The van der Waals surface area contributed by atoms with Crippen LogP contribution in [0.5, 0.6) is 5.75 Å². The van der Waals surface area contributed by atoms with Crippen molar-refractivity contribution in [3.05, 3.63) is 29.8 Å². The summed E-state index contributed by atoms with van der Waals surface area (Å²) in [6, 6.07) is 7.36. The quantitative estimate of drug-likeness (QED) is 0.884. The van der Waals surface area contributed by atoms with Crippen molar-refractivity contribution in [3.8, 4) is 5.75 Å². The predicted octanol–water partition coefficient (Wildman–Crippen LogP) is 1.74. The topological polar surface area (TPSA) is 49.8 Å². The maximum atomic E-state index is 11.8. The third-order valence-electron chi connectivity index (χ3n) is 3.31. The Hall–Kier alpha value is -1.55. The van der Waals surface area contributed by atoms with Gasteiger partial charge in [0, 0.05) is 25.6 Å². The number of aliphatic hydroxyl groups is 1. The van der Waals surface area contributed by atoms with Crippen molar-refractivity contribution < 1.29 is 14.6 Å². The Bertz CT molecular complexity index is 433. The summed E-state index contributed by atoms with van der Waals surface area (Å²) in [5.41, 5.74) is 0.752. The summed E-state index contributed by atoms with van der Waals surface area (Å²) in [5, 5.41) is 9.93. The van der Waals surface area contributed by atoms with E-state index in [1.165, 1.54) is 0 Å². The second-order valence-electron chi connectivity index (χ2n) is 4.62. The molecule has 1 aromatic rings. The molecule has 4 heteroatoms. The van der Waals surface area contributed by atoms with E-state index in [2.05, 4.69) is 0 Å². The normalized spacial score (nSPS) is 21.2. The van der Waals surface area contributed by atoms with Crippen LogP contribution in [0.25, 0.3) is 0 Å². The van der Waals surface area contributed by atoms with Crippen LogP contribution in [0.3, 0.4) is 0 Å². The Morgan fingerprint density at radius 3 is 2.83 bits per heavy atom. The number of aliphatic hydroxyl groups excluding tert-OH is 1. The molecule has 0 spiro atoms. The number of hydrogen-bond acceptors (Lipinski definition) is 3. The summed E-state index contributed by atoms with van der Waals surface area (Å²) in [7, 11) is 1.78. The van der Waals surface area contributed by atoms with Crippen LogP contribution >= 0.6 is 0 Å². The van der Waals surface area contributed by atoms with Crippen molar-refractivity contribution >= 4 is 5.91 Å². The lowest BCUT2D eigenvalue weighted by Gasteiger charge is -2.18. The molecule has 0 aromatic heterocycles. The van der Waals surface area contributed by atoms with Gasteiger partial charge in [-0.3, -0.25) is 4.79 Å². The Labute approximate surface area is 107 Å². The molecule has 1 saturated heterocycles. The van der Waals surface area contributed by atoms with E-state index < -0.39 is 12.2 Å². The maximum absolute atomic E-state index is 11.8. The van der Waals surface area contributed by atoms with Crippen molar-refractivity contribution in [2.75, 3.05) is 13.6 Å². The van der Waals surface area contributed by atoms with Crippen LogP contribution in [0.4, 0.5) is 0 Å². The Morgan fingerprint density at radius 1 is 1.50 bits per heavy atom. The van der Waals surface area contributed by atoms with Gasteiger partial charge in [-0.15, -0.1) is 0 Å². The average molecular weight is 249 g/mol. The van der Waals surface area contributed by atoms with Crippen molar-refractivity contribution in [1.82, 2.24) is 4.90 Å². The second kappa shape index (κ2) is 5.40. The van der Waals surface area contributed by atoms with Crippen molar-refractivity contribution in [2.45, 2.75) is 32.0 Å². The van der Waals surface area contributed by atoms with E-state index >= 15 is 0 Å². The largest absolute Gasteiger partial charge is 0.480 e. The van der Waals surface area contributed by atoms with Crippen LogP contribution < -0.4 is 4.74 Å². The zero-order valence-corrected chi connectivity index (χ0v) is 10.8. The standard InChI is InChI=1S/C14H19NO3/c1-3-11(16)10-6-4-5-7-12(10)18-13-8-9-15(2)14(13)17/h4-7,11,13,16H,3,8-9H2,1-2H3/t11-,13?/m0/s1. The first-order valence-electron chi connectivity index (χ1n) is 6.32. The number of hydrogen-bond donors (Lipinski definition) is 1. The fourth-order valence-electron chi connectivity index (χ4n) is 2.14. The second-order valence-corrected chi connectivity index (χ2v) is 4.62. The monoisotopic (exact) mass is 249 g/mol. The smallest absolute Gasteiger partial charge is 0.263 e. The van der Waals surface area contributed by atoms with Gasteiger partial charge in [-0.2, -0.15) is 0 Å². The van der Waals surface area contributed by atoms with Crippen LogP contribution in [-0.4, -0.2) is 35.6 Å². The number of benzene rings is 1. The molecular weight excluding hydrogens is 230 g/mol. The Kier molecular flexibility index (Phi) is 3.87. The molecule has 0 radical (unpaired) electrons. The van der Waals surface area contributed by atoms with Crippen molar-refractivity contribution in [2.24, 2.45) is 0 Å². The number of nitrogens with zero attached hydrogens (tertiary/aromatic N) is 1. The number of carbonyl (C=O) groups excluding carboxylic acids is 1. The van der Waals surface area contributed by atoms with E-state index in [9.17, 15) is 9.90 Å². The lowest BCUT2D eigenvalue weighted by molar-refractivity contribution is -0.132. The molecule has 1 amide bonds. The van der Waals surface area contributed by atoms with Gasteiger partial charge in [-0.1, -0.05) is 25.1 Å². The molecule has 18 heavy (non-hydrogen) atoms. The van der Waals surface area contributed by atoms with Gasteiger partial charge >= 0.3 is 0 Å². The fourth-order valence-corrected chi connectivity index (χ4v) is 2.14. The summed E-state index contributed by atoms with van der Waals surface area (Å²) in [5.74, 6) is 0.622. The molecule has 1 fully saturated rings. The Balaban J connectivity index is 2.16. The molecule has 1 aliphatic heterocycles. The summed E-state index contributed by atoms with van der Waals surface area (Å²) in [6.07, 6.45) is 0.362. The lowest BCUT2D eigenvalue weighted by Crippen LogP contribution is -2.29. The summed E-state index contributed by atoms with van der Waals surface area (Å²) >= 11 is 0. The van der Waals surface area contributed by atoms with Crippen molar-refractivity contribution in [3.63, 3.8) is 0 Å². The molecule has 0 aliphatic carbocycles. The van der Waals surface area contributed by atoms with Crippen LogP contribution in [-0.2, 0) is 4.79 Å². The molecule has 0 saturated carbocycles. The number of para-hydroxylation sites is 1. The van der Waals surface area contributed by atoms with Gasteiger partial charge in [0.05, 0.1) is 6.10 Å². The highest BCUT2D eigenvalue weighted by Crippen LogP contribution is 2.29. The highest BCUT2D eigenvalue weighted by Gasteiger charge is 2.31. The number of ether oxygens (including phenoxy) is 1. The SMILES string of the molecule is CC[C@H](O)c1ccccc1OC1CCN(C)C1=O. The van der Waals surface area contributed by atoms with E-state index in [1.54, 1.807) is 18.0 Å². The predicted molar refractivity (Wildman–Crippen MR) is 68.4 cm³/mol. The van der Waals surface area contributed by atoms with Gasteiger partial charge < -0.3 is 14.7 Å². The molecule has 1 aliphatic rings. The molecule has 4 nitrogen and oxygen atoms in total. The lowest BCUT2D eigenvalue weighted by atomic mass is 10.1. The van der Waals surface area contributed by atoms with Crippen LogP contribution in [0, 0.1) is 0 Å². The number of rotatable bonds is 4. The maximum Gasteiger partial charge on any atom is 0.263 e. The minimum atomic E-state index is -0.546. The summed E-state index contributed by atoms with van der Waals surface area (Å²) in [4.78, 5) is 13.5. The molecule has 1 aromatic carbocycles. The minimum Gasteiger partial charge on any atom is -0.480 e. The number of amides is 1. The van der Waals surface area contributed by atoms with E-state index in [-0.39, 0.29) is 5.91 Å². The first kappa shape index (κ1) is 12.9. The fraction of sp³-hybridized carbons (Fsp3) is 0.500. The molecule has 2 rings (SSSR count). The number of likely N-dealkylation sites (tertiary alicyclic amines) is 1. The van der Waals surface area contributed by atoms with E-state index in [1.807, 2.05) is 25.1 Å². The van der Waals surface area contributed by atoms with Gasteiger partial charge in [0.25, 0.3) is 5.91 Å². The van der Waals surface area contributed by atoms with E-state index in [0.29, 0.717) is 18.6 Å². The zero-order chi connectivity index (χ0) is 13.1. The highest BCUT2D eigenvalue weighted by molar-refractivity contribution is 5.83. The van der Waals surface area contributed by atoms with E-state index in [0.717, 1.165) is 12.1 Å².